The van der Waals surface area contributed by atoms with Crippen molar-refractivity contribution in [1.82, 2.24) is 4.98 Å². The van der Waals surface area contributed by atoms with E-state index in [0.717, 1.165) is 10.9 Å². The van der Waals surface area contributed by atoms with Gasteiger partial charge < -0.3 is 5.73 Å². The lowest BCUT2D eigenvalue weighted by atomic mass is 10.1. The smallest absolute Gasteiger partial charge is 0.165 e. The van der Waals surface area contributed by atoms with Gasteiger partial charge >= 0.3 is 0 Å². The molecule has 0 bridgehead atoms. The van der Waals surface area contributed by atoms with Crippen molar-refractivity contribution in [3.63, 3.8) is 0 Å². The van der Waals surface area contributed by atoms with Crippen molar-refractivity contribution in [3.05, 3.63) is 40.8 Å². The summed E-state index contributed by atoms with van der Waals surface area (Å²) >= 11 is 5.57. The van der Waals surface area contributed by atoms with E-state index in [1.54, 1.807) is 12.1 Å². The van der Waals surface area contributed by atoms with E-state index in [1.807, 2.05) is 6.07 Å². The molecule has 1 aromatic carbocycles. The van der Waals surface area contributed by atoms with Gasteiger partial charge in [-0.3, -0.25) is 0 Å². The molecule has 2 nitrogen and oxygen atoms in total. The number of benzene rings is 1. The monoisotopic (exact) mass is 210 g/mol. The summed E-state index contributed by atoms with van der Waals surface area (Å²) in [6.07, 6.45) is 0. The lowest BCUT2D eigenvalue weighted by molar-refractivity contribution is 0.625. The molecule has 0 unspecified atom stereocenters. The molecule has 0 aliphatic carbocycles. The van der Waals surface area contributed by atoms with Gasteiger partial charge in [-0.15, -0.1) is 0 Å². The van der Waals surface area contributed by atoms with Gasteiger partial charge in [0.1, 0.15) is 0 Å². The van der Waals surface area contributed by atoms with Gasteiger partial charge in [-0.25, -0.2) is 9.37 Å². The van der Waals surface area contributed by atoms with Crippen LogP contribution in [0.4, 0.5) is 4.39 Å². The zero-order valence-electron chi connectivity index (χ0n) is 7.30. The molecule has 0 radical (unpaired) electrons. The molecule has 4 heteroatoms. The van der Waals surface area contributed by atoms with Gasteiger partial charge in [-0.1, -0.05) is 23.7 Å². The van der Waals surface area contributed by atoms with Gasteiger partial charge in [-0.2, -0.15) is 0 Å². The standard InChI is InChI=1S/C10H8ClFN2/c11-10-8(12)4-7-2-1-6(5-13)3-9(7)14-10/h1-4H,5,13H2. The Bertz CT molecular complexity index is 485. The Morgan fingerprint density at radius 1 is 1.36 bits per heavy atom. The van der Waals surface area contributed by atoms with Crippen LogP contribution in [-0.2, 0) is 6.54 Å². The van der Waals surface area contributed by atoms with E-state index in [-0.39, 0.29) is 5.15 Å². The second kappa shape index (κ2) is 3.52. The first kappa shape index (κ1) is 9.37. The van der Waals surface area contributed by atoms with Crippen LogP contribution in [0.15, 0.2) is 24.3 Å². The maximum absolute atomic E-state index is 13.0. The van der Waals surface area contributed by atoms with E-state index in [9.17, 15) is 4.39 Å². The van der Waals surface area contributed by atoms with Crippen LogP contribution in [0.5, 0.6) is 0 Å². The van der Waals surface area contributed by atoms with Crippen molar-refractivity contribution in [1.29, 1.82) is 0 Å². The first-order chi connectivity index (χ1) is 6.70. The third-order valence-electron chi connectivity index (χ3n) is 2.03. The molecule has 0 aliphatic heterocycles. The summed E-state index contributed by atoms with van der Waals surface area (Å²) in [7, 11) is 0. The highest BCUT2D eigenvalue weighted by Gasteiger charge is 2.04. The number of fused-ring (bicyclic) bond motifs is 1. The Hall–Kier alpha value is -1.19. The number of nitrogens with zero attached hydrogens (tertiary/aromatic N) is 1. The molecular weight excluding hydrogens is 203 g/mol. The zero-order chi connectivity index (χ0) is 10.1. The number of pyridine rings is 1. The highest BCUT2D eigenvalue weighted by atomic mass is 35.5. The number of halogens is 2. The maximum Gasteiger partial charge on any atom is 0.165 e. The third-order valence-corrected chi connectivity index (χ3v) is 2.29. The number of aromatic nitrogens is 1. The highest BCUT2D eigenvalue weighted by molar-refractivity contribution is 6.29. The molecule has 2 N–H and O–H groups in total. The second-order valence-corrected chi connectivity index (χ2v) is 3.35. The molecule has 0 amide bonds. The normalized spacial score (nSPS) is 10.8. The van der Waals surface area contributed by atoms with Crippen LogP contribution in [-0.4, -0.2) is 4.98 Å². The molecule has 0 saturated heterocycles. The lowest BCUT2D eigenvalue weighted by Crippen LogP contribution is -1.96. The molecule has 0 spiro atoms. The lowest BCUT2D eigenvalue weighted by Gasteiger charge is -2.01. The van der Waals surface area contributed by atoms with Crippen LogP contribution in [0, 0.1) is 5.82 Å². The Morgan fingerprint density at radius 3 is 2.86 bits per heavy atom. The molecule has 0 atom stereocenters. The van der Waals surface area contributed by atoms with Crippen molar-refractivity contribution in [2.75, 3.05) is 0 Å². The number of rotatable bonds is 1. The van der Waals surface area contributed by atoms with Crippen molar-refractivity contribution in [2.24, 2.45) is 5.73 Å². The average molecular weight is 211 g/mol. The summed E-state index contributed by atoms with van der Waals surface area (Å²) in [5.74, 6) is -0.500. The molecule has 1 heterocycles. The summed E-state index contributed by atoms with van der Waals surface area (Å²) < 4.78 is 13.0. The SMILES string of the molecule is NCc1ccc2cc(F)c(Cl)nc2c1. The van der Waals surface area contributed by atoms with E-state index < -0.39 is 5.82 Å². The first-order valence-corrected chi connectivity index (χ1v) is 4.53. The summed E-state index contributed by atoms with van der Waals surface area (Å²) in [5.41, 5.74) is 7.09. The van der Waals surface area contributed by atoms with E-state index >= 15 is 0 Å². The Balaban J connectivity index is 2.70. The summed E-state index contributed by atoms with van der Waals surface area (Å²) in [5, 5.41) is 0.621. The molecule has 72 valence electrons. The van der Waals surface area contributed by atoms with Gasteiger partial charge in [0, 0.05) is 11.9 Å². The fourth-order valence-electron chi connectivity index (χ4n) is 1.29. The Kier molecular flexibility index (Phi) is 2.35. The van der Waals surface area contributed by atoms with Crippen LogP contribution in [0.3, 0.4) is 0 Å². The minimum absolute atomic E-state index is 0.105. The summed E-state index contributed by atoms with van der Waals surface area (Å²) in [6, 6.07) is 6.80. The van der Waals surface area contributed by atoms with E-state index in [4.69, 9.17) is 17.3 Å². The quantitative estimate of drug-likeness (QED) is 0.735. The molecule has 0 fully saturated rings. The van der Waals surface area contributed by atoms with Crippen molar-refractivity contribution in [2.45, 2.75) is 6.54 Å². The second-order valence-electron chi connectivity index (χ2n) is 2.99. The predicted molar refractivity (Wildman–Crippen MR) is 54.6 cm³/mol. The molecule has 0 saturated carbocycles. The van der Waals surface area contributed by atoms with Gasteiger partial charge in [0.05, 0.1) is 5.52 Å². The highest BCUT2D eigenvalue weighted by Crippen LogP contribution is 2.20. The van der Waals surface area contributed by atoms with Crippen LogP contribution >= 0.6 is 11.6 Å². The average Bonchev–Trinajstić information content (AvgIpc) is 2.19. The third kappa shape index (κ3) is 1.56. The van der Waals surface area contributed by atoms with Crippen LogP contribution in [0.1, 0.15) is 5.56 Å². The van der Waals surface area contributed by atoms with Crippen molar-refractivity contribution < 1.29 is 4.39 Å². The maximum atomic E-state index is 13.0. The van der Waals surface area contributed by atoms with Crippen LogP contribution < -0.4 is 5.73 Å². The summed E-state index contributed by atoms with van der Waals surface area (Å²) in [4.78, 5) is 3.92. The molecular formula is C10H8ClFN2. The van der Waals surface area contributed by atoms with E-state index in [2.05, 4.69) is 4.98 Å². The Labute approximate surface area is 85.5 Å². The number of nitrogens with two attached hydrogens (primary N) is 1. The molecule has 2 rings (SSSR count). The Morgan fingerprint density at radius 2 is 2.14 bits per heavy atom. The van der Waals surface area contributed by atoms with E-state index in [0.29, 0.717) is 12.1 Å². The van der Waals surface area contributed by atoms with Crippen molar-refractivity contribution >= 4 is 22.5 Å². The van der Waals surface area contributed by atoms with Gasteiger partial charge in [0.15, 0.2) is 11.0 Å². The van der Waals surface area contributed by atoms with Gasteiger partial charge in [0.25, 0.3) is 0 Å². The van der Waals surface area contributed by atoms with Crippen LogP contribution in [0.25, 0.3) is 10.9 Å². The zero-order valence-corrected chi connectivity index (χ0v) is 8.05. The molecule has 2 aromatic rings. The molecule has 1 aromatic heterocycles. The molecule has 0 aliphatic rings. The fraction of sp³-hybridized carbons (Fsp3) is 0.100. The van der Waals surface area contributed by atoms with E-state index in [1.165, 1.54) is 6.07 Å². The largest absolute Gasteiger partial charge is 0.326 e. The fourth-order valence-corrected chi connectivity index (χ4v) is 1.44. The topological polar surface area (TPSA) is 38.9 Å². The van der Waals surface area contributed by atoms with Crippen molar-refractivity contribution in [3.8, 4) is 0 Å². The van der Waals surface area contributed by atoms with Crippen LogP contribution in [0.2, 0.25) is 5.15 Å². The molecule has 14 heavy (non-hydrogen) atoms. The summed E-state index contributed by atoms with van der Waals surface area (Å²) in [6.45, 7) is 0.437. The minimum atomic E-state index is -0.500. The predicted octanol–water partition coefficient (Wildman–Crippen LogP) is 2.49. The minimum Gasteiger partial charge on any atom is -0.326 e. The number of hydrogen-bond acceptors (Lipinski definition) is 2. The number of hydrogen-bond donors (Lipinski definition) is 1. The first-order valence-electron chi connectivity index (χ1n) is 4.15. The van der Waals surface area contributed by atoms with Gasteiger partial charge in [-0.05, 0) is 17.7 Å². The van der Waals surface area contributed by atoms with Gasteiger partial charge in [0.2, 0.25) is 0 Å².